The molecule has 0 saturated carbocycles. The first-order chi connectivity index (χ1) is 34.5. The Labute approximate surface area is 438 Å². The number of nitrogens with zero attached hydrogens (tertiary/aromatic N) is 5. The summed E-state index contributed by atoms with van der Waals surface area (Å²) in [6, 6.07) is 17.0. The van der Waals surface area contributed by atoms with E-state index >= 15 is 0 Å². The Bertz CT molecular complexity index is 2800. The number of β-amino-alcohol motifs (C(OH)–C–C–N with tert-alkyl or cyclic N) is 1. The van der Waals surface area contributed by atoms with Gasteiger partial charge in [-0.2, -0.15) is 4.98 Å². The summed E-state index contributed by atoms with van der Waals surface area (Å²) in [5, 5.41) is 24.1. The van der Waals surface area contributed by atoms with Crippen LogP contribution in [0.2, 0.25) is 5.02 Å². The number of carbonyl (C=O) groups excluding carboxylic acids is 4. The van der Waals surface area contributed by atoms with E-state index in [-0.39, 0.29) is 49.1 Å². The molecule has 5 aromatic rings. The average molecular weight is 1060 g/mol. The second-order valence-corrected chi connectivity index (χ2v) is 24.8. The Morgan fingerprint density at radius 3 is 2.32 bits per heavy atom. The van der Waals surface area contributed by atoms with Crippen LogP contribution in [0.5, 0.6) is 5.75 Å². The number of methoxy groups -OCH3 is 1. The molecule has 1 aliphatic heterocycles. The lowest BCUT2D eigenvalue weighted by Crippen LogP contribution is -2.57. The number of aryl methyl sites for hydroxylation is 2. The van der Waals surface area contributed by atoms with Crippen LogP contribution in [0.15, 0.2) is 72.4 Å². The molecule has 0 aliphatic carbocycles. The van der Waals surface area contributed by atoms with Gasteiger partial charge in [0.15, 0.2) is 5.82 Å². The number of halogens is 1. The first kappa shape index (κ1) is 56.4. The third-order valence-corrected chi connectivity index (χ3v) is 15.9. The maximum Gasteiger partial charge on any atom is 0.246 e. The van der Waals surface area contributed by atoms with Gasteiger partial charge in [-0.25, -0.2) is 9.97 Å². The maximum absolute atomic E-state index is 14.1. The quantitative estimate of drug-likeness (QED) is 0.0325. The zero-order chi connectivity index (χ0) is 53.2. The monoisotopic (exact) mass is 1060 g/mol. The number of carbonyl (C=O) groups is 4. The minimum atomic E-state index is -2.59. The molecule has 1 saturated heterocycles. The third kappa shape index (κ3) is 15.1. The molecule has 1 unspecified atom stereocenters. The summed E-state index contributed by atoms with van der Waals surface area (Å²) >= 11 is 8.05. The number of thiazole rings is 1. The largest absolute Gasteiger partial charge is 0.495 e. The van der Waals surface area contributed by atoms with Crippen molar-refractivity contribution < 1.29 is 33.6 Å². The van der Waals surface area contributed by atoms with Crippen molar-refractivity contribution in [1.82, 2.24) is 35.4 Å². The first-order valence-electron chi connectivity index (χ1n) is 24.7. The predicted molar refractivity (Wildman–Crippen MR) is 292 cm³/mol. The topological polar surface area (TPSA) is 208 Å². The molecular formula is C54H71ClN9O7PS. The molecule has 2 aromatic heterocycles. The van der Waals surface area contributed by atoms with E-state index in [0.717, 1.165) is 45.7 Å². The maximum atomic E-state index is 14.1. The Hall–Kier alpha value is -5.87. The summed E-state index contributed by atoms with van der Waals surface area (Å²) in [5.74, 6) is 0.215. The Kier molecular flexibility index (Phi) is 19.3. The second kappa shape index (κ2) is 24.9. The number of aromatic nitrogens is 3. The third-order valence-electron chi connectivity index (χ3n) is 13.1. The van der Waals surface area contributed by atoms with E-state index in [4.69, 9.17) is 16.3 Å². The number of unbranched alkanes of at least 4 members (excludes halogenated alkanes) is 3. The molecule has 3 heterocycles. The molecule has 16 nitrogen and oxygen atoms in total. The van der Waals surface area contributed by atoms with Gasteiger partial charge in [0.05, 0.1) is 52.9 Å². The van der Waals surface area contributed by atoms with Gasteiger partial charge in [-0.15, -0.1) is 11.3 Å². The second-order valence-electron chi connectivity index (χ2n) is 20.3. The van der Waals surface area contributed by atoms with E-state index in [1.807, 2.05) is 108 Å². The van der Waals surface area contributed by atoms with Gasteiger partial charge in [-0.1, -0.05) is 81.6 Å². The van der Waals surface area contributed by atoms with Gasteiger partial charge in [0.1, 0.15) is 30.0 Å². The number of benzene rings is 3. The van der Waals surface area contributed by atoms with Crippen LogP contribution in [0.3, 0.4) is 0 Å². The lowest BCUT2D eigenvalue weighted by Gasteiger charge is -2.35. The van der Waals surface area contributed by atoms with Crippen molar-refractivity contribution in [2.24, 2.45) is 5.41 Å². The van der Waals surface area contributed by atoms with Crippen LogP contribution < -0.4 is 31.3 Å². The molecule has 6 rings (SSSR count). The van der Waals surface area contributed by atoms with Crippen molar-refractivity contribution in [2.45, 2.75) is 117 Å². The van der Waals surface area contributed by atoms with Crippen LogP contribution in [0, 0.1) is 19.3 Å². The first-order valence-corrected chi connectivity index (χ1v) is 28.6. The molecule has 1 aliphatic rings. The molecule has 392 valence electrons. The summed E-state index contributed by atoms with van der Waals surface area (Å²) in [4.78, 5) is 71.9. The molecule has 5 N–H and O–H groups in total. The van der Waals surface area contributed by atoms with Crippen LogP contribution in [-0.4, -0.2) is 112 Å². The predicted octanol–water partition coefficient (Wildman–Crippen LogP) is 9.33. The number of nitrogens with one attached hydrogen (secondary N) is 4. The number of anilines is 4. The number of hydrogen-bond donors (Lipinski definition) is 5. The summed E-state index contributed by atoms with van der Waals surface area (Å²) in [6.45, 7) is 15.4. The molecule has 0 radical (unpaired) electrons. The van der Waals surface area contributed by atoms with Gasteiger partial charge in [0.25, 0.3) is 0 Å². The summed E-state index contributed by atoms with van der Waals surface area (Å²) < 4.78 is 18.7. The molecular weight excluding hydrogens is 985 g/mol. The highest BCUT2D eigenvalue weighted by Crippen LogP contribution is 2.39. The van der Waals surface area contributed by atoms with Gasteiger partial charge < -0.3 is 45.5 Å². The number of hydrogen-bond acceptors (Lipinski definition) is 13. The SMILES string of the molecule is COc1cc(CCN(C)C(=O)CCCCCCC(=O)N[C@H](C(=O)N2C[C@H](O)CC2C(=O)N[C@@H](C)c2ccc(-c3scnc3C)cc2)C(C)(C)C)c(C)cc1Nc1ncc(Cl)c(Nc2ccccc2P(C)(C)=O)n1. The molecule has 1 fully saturated rings. The van der Waals surface area contributed by atoms with Crippen LogP contribution >= 0.6 is 30.1 Å². The number of para-hydroxylation sites is 1. The fourth-order valence-electron chi connectivity index (χ4n) is 8.85. The number of likely N-dealkylation sites (tertiary alicyclic amines) is 1. The van der Waals surface area contributed by atoms with Crippen molar-refractivity contribution in [2.75, 3.05) is 51.2 Å². The van der Waals surface area contributed by atoms with Crippen molar-refractivity contribution in [3.63, 3.8) is 0 Å². The number of ether oxygens (including phenoxy) is 1. The van der Waals surface area contributed by atoms with E-state index in [2.05, 4.69) is 36.2 Å². The van der Waals surface area contributed by atoms with Crippen LogP contribution in [-0.2, 0) is 30.2 Å². The summed E-state index contributed by atoms with van der Waals surface area (Å²) in [7, 11) is 0.795. The van der Waals surface area contributed by atoms with E-state index in [1.54, 1.807) is 43.7 Å². The van der Waals surface area contributed by atoms with Gasteiger partial charge in [-0.3, -0.25) is 19.2 Å². The fraction of sp³-hybridized carbons (Fsp3) is 0.463. The van der Waals surface area contributed by atoms with E-state index in [9.17, 15) is 28.8 Å². The highest BCUT2D eigenvalue weighted by atomic mass is 35.5. The zero-order valence-corrected chi connectivity index (χ0v) is 46.1. The lowest BCUT2D eigenvalue weighted by atomic mass is 9.85. The van der Waals surface area contributed by atoms with Gasteiger partial charge in [0.2, 0.25) is 29.6 Å². The average Bonchev–Trinajstić information content (AvgIpc) is 3.96. The molecule has 3 aromatic carbocycles. The number of aliphatic hydroxyl groups is 1. The van der Waals surface area contributed by atoms with Crippen LogP contribution in [0.25, 0.3) is 10.4 Å². The van der Waals surface area contributed by atoms with Gasteiger partial charge in [0, 0.05) is 44.7 Å². The van der Waals surface area contributed by atoms with E-state index < -0.39 is 36.7 Å². The van der Waals surface area contributed by atoms with E-state index in [0.29, 0.717) is 65.5 Å². The molecule has 0 spiro atoms. The minimum absolute atomic E-state index is 0.00516. The van der Waals surface area contributed by atoms with Gasteiger partial charge in [-0.05, 0) is 105 Å². The Morgan fingerprint density at radius 1 is 0.959 bits per heavy atom. The number of likely N-dealkylation sites (N-methyl/N-ethyl adjacent to an activating group) is 1. The highest BCUT2D eigenvalue weighted by molar-refractivity contribution is 7.70. The van der Waals surface area contributed by atoms with Crippen LogP contribution in [0.4, 0.5) is 23.1 Å². The number of rotatable bonds is 22. The highest BCUT2D eigenvalue weighted by Gasteiger charge is 2.44. The molecule has 73 heavy (non-hydrogen) atoms. The standard InChI is InChI=1S/C54H71ClN9O7PS/c1-33-27-42(60-53-56-30-40(55)50(62-53)59-41-17-15-16-18-45(41)72(9,10)70)44(71-8)28-38(33)25-26-63(7)47(67)20-14-12-11-13-19-46(66)61-49(54(4,5)6)52(69)64-31-39(65)29-43(64)51(68)58-34(2)36-21-23-37(24-22-36)48-35(3)57-32-73-48/h15-18,21-24,27-28,30,32,34,39,43,49,65H,11-14,19-20,25-26,29,31H2,1-10H3,(H,58,68)(H,61,66)(H2,56,59,60,62)/t34-,39+,43?,49+/m0/s1. The fourth-order valence-corrected chi connectivity index (χ4v) is 11.0. The Balaban J connectivity index is 0.930. The van der Waals surface area contributed by atoms with E-state index in [1.165, 1.54) is 11.1 Å². The zero-order valence-electron chi connectivity index (χ0n) is 43.7. The lowest BCUT2D eigenvalue weighted by molar-refractivity contribution is -0.144. The van der Waals surface area contributed by atoms with Crippen molar-refractivity contribution in [3.8, 4) is 16.2 Å². The minimum Gasteiger partial charge on any atom is -0.495 e. The van der Waals surface area contributed by atoms with Gasteiger partial charge >= 0.3 is 0 Å². The van der Waals surface area contributed by atoms with Crippen LogP contribution in [0.1, 0.15) is 101 Å². The molecule has 0 bridgehead atoms. The molecule has 4 amide bonds. The van der Waals surface area contributed by atoms with Crippen molar-refractivity contribution in [1.29, 1.82) is 0 Å². The number of amides is 4. The summed E-state index contributed by atoms with van der Waals surface area (Å²) in [6.07, 6.45) is 4.67. The number of aliphatic hydroxyl groups excluding tert-OH is 1. The normalized spacial score (nSPS) is 15.6. The molecule has 19 heteroatoms. The molecule has 4 atom stereocenters. The summed E-state index contributed by atoms with van der Waals surface area (Å²) in [5.41, 5.74) is 7.36. The van der Waals surface area contributed by atoms with Crippen molar-refractivity contribution in [3.05, 3.63) is 99.8 Å². The van der Waals surface area contributed by atoms with Crippen molar-refractivity contribution >= 4 is 82.2 Å². The smallest absolute Gasteiger partial charge is 0.246 e. The Morgan fingerprint density at radius 2 is 1.66 bits per heavy atom.